The predicted molar refractivity (Wildman–Crippen MR) is 72.2 cm³/mol. The average Bonchev–Trinajstić information content (AvgIpc) is 2.25. The molecule has 0 aliphatic carbocycles. The van der Waals surface area contributed by atoms with E-state index in [1.54, 1.807) is 12.1 Å². The average molecular weight is 251 g/mol. The van der Waals surface area contributed by atoms with Gasteiger partial charge in [0.15, 0.2) is 0 Å². The summed E-state index contributed by atoms with van der Waals surface area (Å²) in [5.41, 5.74) is 3.19. The molecule has 0 aromatic heterocycles. The van der Waals surface area contributed by atoms with Crippen LogP contribution >= 0.6 is 0 Å². The molecule has 0 saturated heterocycles. The topological polar surface area (TPSA) is 38.3 Å². The van der Waals surface area contributed by atoms with Gasteiger partial charge in [-0.25, -0.2) is 5.48 Å². The van der Waals surface area contributed by atoms with Crippen molar-refractivity contribution < 1.29 is 9.32 Å². The van der Waals surface area contributed by atoms with Gasteiger partial charge in [0.25, 0.3) is 5.91 Å². The number of hydrogen-bond donors (Lipinski definition) is 1. The first-order valence-electron chi connectivity index (χ1n) is 5.77. The van der Waals surface area contributed by atoms with Crippen molar-refractivity contribution in [2.45, 2.75) is 38.9 Å². The van der Waals surface area contributed by atoms with E-state index in [1.165, 1.54) is 0 Å². The van der Waals surface area contributed by atoms with Gasteiger partial charge in [-0.1, -0.05) is 39.0 Å². The van der Waals surface area contributed by atoms with Gasteiger partial charge in [0.2, 0.25) is 8.32 Å². The second kappa shape index (κ2) is 5.02. The lowest BCUT2D eigenvalue weighted by Crippen LogP contribution is -2.46. The fourth-order valence-electron chi connectivity index (χ4n) is 0.975. The van der Waals surface area contributed by atoms with E-state index < -0.39 is 8.32 Å². The maximum atomic E-state index is 11.8. The summed E-state index contributed by atoms with van der Waals surface area (Å²) in [5.74, 6) is -0.185. The van der Waals surface area contributed by atoms with Crippen molar-refractivity contribution in [3.05, 3.63) is 35.9 Å². The first-order chi connectivity index (χ1) is 7.74. The Morgan fingerprint density at radius 1 is 1.18 bits per heavy atom. The van der Waals surface area contributed by atoms with Gasteiger partial charge in [-0.15, -0.1) is 0 Å². The van der Waals surface area contributed by atoms with Crippen LogP contribution in [0, 0.1) is 0 Å². The van der Waals surface area contributed by atoms with Gasteiger partial charge >= 0.3 is 0 Å². The molecular weight excluding hydrogens is 230 g/mol. The minimum atomic E-state index is -1.93. The molecule has 17 heavy (non-hydrogen) atoms. The standard InChI is InChI=1S/C13H21NO2Si/c1-13(2,3)17(4,5)16-14-12(15)11-9-7-6-8-10-11/h6-10H,1-5H3,(H,14,15). The highest BCUT2D eigenvalue weighted by Gasteiger charge is 2.38. The van der Waals surface area contributed by atoms with Gasteiger partial charge in [-0.2, -0.15) is 0 Å². The van der Waals surface area contributed by atoms with Gasteiger partial charge in [-0.3, -0.25) is 4.79 Å². The van der Waals surface area contributed by atoms with Gasteiger partial charge in [0.1, 0.15) is 0 Å². The summed E-state index contributed by atoms with van der Waals surface area (Å²) in [5, 5.41) is 0.0803. The molecule has 0 aliphatic heterocycles. The third-order valence-corrected chi connectivity index (χ3v) is 7.47. The number of carbonyl (C=O) groups excluding carboxylic acids is 1. The van der Waals surface area contributed by atoms with E-state index in [-0.39, 0.29) is 10.9 Å². The quantitative estimate of drug-likeness (QED) is 0.661. The molecule has 1 N–H and O–H groups in total. The molecule has 0 saturated carbocycles. The third kappa shape index (κ3) is 3.68. The number of hydroxylamine groups is 1. The zero-order chi connectivity index (χ0) is 13.1. The van der Waals surface area contributed by atoms with Crippen molar-refractivity contribution in [3.63, 3.8) is 0 Å². The van der Waals surface area contributed by atoms with Crippen LogP contribution in [0.2, 0.25) is 18.1 Å². The number of rotatable bonds is 3. The van der Waals surface area contributed by atoms with E-state index in [9.17, 15) is 4.79 Å². The number of carbonyl (C=O) groups is 1. The fraction of sp³-hybridized carbons (Fsp3) is 0.462. The highest BCUT2D eigenvalue weighted by molar-refractivity contribution is 6.74. The molecule has 0 spiro atoms. The maximum absolute atomic E-state index is 11.8. The van der Waals surface area contributed by atoms with Crippen molar-refractivity contribution >= 4 is 14.2 Å². The van der Waals surface area contributed by atoms with Crippen LogP contribution in [0.5, 0.6) is 0 Å². The molecule has 1 rings (SSSR count). The van der Waals surface area contributed by atoms with Crippen molar-refractivity contribution in [1.29, 1.82) is 0 Å². The molecule has 1 aromatic rings. The van der Waals surface area contributed by atoms with Crippen LogP contribution in [0.4, 0.5) is 0 Å². The Bertz CT molecular complexity index is 382. The minimum absolute atomic E-state index is 0.0803. The second-order valence-corrected chi connectivity index (χ2v) is 10.4. The lowest BCUT2D eigenvalue weighted by molar-refractivity contribution is 0.0730. The lowest BCUT2D eigenvalue weighted by Gasteiger charge is -2.35. The molecule has 0 aliphatic rings. The molecule has 3 nitrogen and oxygen atoms in total. The summed E-state index contributed by atoms with van der Waals surface area (Å²) in [6.45, 7) is 10.6. The van der Waals surface area contributed by atoms with Gasteiger partial charge in [0, 0.05) is 5.56 Å². The maximum Gasteiger partial charge on any atom is 0.273 e. The van der Waals surface area contributed by atoms with Crippen LogP contribution in [0.15, 0.2) is 30.3 Å². The smallest absolute Gasteiger partial charge is 0.273 e. The van der Waals surface area contributed by atoms with Crippen LogP contribution in [0.3, 0.4) is 0 Å². The Hall–Kier alpha value is -1.13. The second-order valence-electron chi connectivity index (χ2n) is 5.66. The van der Waals surface area contributed by atoms with E-state index in [1.807, 2.05) is 18.2 Å². The molecule has 0 heterocycles. The summed E-state index contributed by atoms with van der Waals surface area (Å²) in [4.78, 5) is 11.8. The number of benzene rings is 1. The van der Waals surface area contributed by atoms with E-state index in [0.717, 1.165) is 0 Å². The first kappa shape index (κ1) is 13.9. The Morgan fingerprint density at radius 2 is 1.71 bits per heavy atom. The zero-order valence-electron chi connectivity index (χ0n) is 11.2. The largest absolute Gasteiger partial charge is 0.319 e. The Labute approximate surface area is 104 Å². The Morgan fingerprint density at radius 3 is 2.18 bits per heavy atom. The van der Waals surface area contributed by atoms with Crippen molar-refractivity contribution in [3.8, 4) is 0 Å². The first-order valence-corrected chi connectivity index (χ1v) is 8.68. The monoisotopic (exact) mass is 251 g/mol. The van der Waals surface area contributed by atoms with Crippen molar-refractivity contribution in [2.75, 3.05) is 0 Å². The van der Waals surface area contributed by atoms with Crippen LogP contribution in [0.1, 0.15) is 31.1 Å². The molecule has 0 fully saturated rings. The molecule has 1 amide bonds. The van der Waals surface area contributed by atoms with Crippen molar-refractivity contribution in [1.82, 2.24) is 5.48 Å². The minimum Gasteiger partial charge on any atom is -0.319 e. The number of hydrogen-bond acceptors (Lipinski definition) is 2. The van der Waals surface area contributed by atoms with E-state index >= 15 is 0 Å². The molecule has 0 atom stereocenters. The van der Waals surface area contributed by atoms with Crippen LogP contribution in [-0.4, -0.2) is 14.2 Å². The van der Waals surface area contributed by atoms with Gasteiger partial charge in [0.05, 0.1) is 0 Å². The molecule has 1 aromatic carbocycles. The molecule has 0 bridgehead atoms. The fourth-order valence-corrected chi connectivity index (χ4v) is 1.63. The van der Waals surface area contributed by atoms with Gasteiger partial charge in [-0.05, 0) is 30.3 Å². The molecular formula is C13H21NO2Si. The summed E-state index contributed by atoms with van der Waals surface area (Å²) in [7, 11) is -1.93. The molecule has 4 heteroatoms. The summed E-state index contributed by atoms with van der Waals surface area (Å²) in [6.07, 6.45) is 0. The SMILES string of the molecule is CC(C)(C)[Si](C)(C)ONC(=O)c1ccccc1. The number of amides is 1. The van der Waals surface area contributed by atoms with E-state index in [0.29, 0.717) is 5.56 Å². The van der Waals surface area contributed by atoms with Crippen molar-refractivity contribution in [2.24, 2.45) is 0 Å². The summed E-state index contributed by atoms with van der Waals surface area (Å²) in [6, 6.07) is 9.09. The molecule has 0 unspecified atom stereocenters. The predicted octanol–water partition coefficient (Wildman–Crippen LogP) is 3.35. The zero-order valence-corrected chi connectivity index (χ0v) is 12.2. The lowest BCUT2D eigenvalue weighted by atomic mass is 10.2. The van der Waals surface area contributed by atoms with Crippen LogP contribution in [0.25, 0.3) is 0 Å². The highest BCUT2D eigenvalue weighted by atomic mass is 28.4. The van der Waals surface area contributed by atoms with E-state index in [4.69, 9.17) is 4.53 Å². The summed E-state index contributed by atoms with van der Waals surface area (Å²) < 4.78 is 5.65. The molecule has 94 valence electrons. The Kier molecular flexibility index (Phi) is 4.11. The Balaban J connectivity index is 2.61. The highest BCUT2D eigenvalue weighted by Crippen LogP contribution is 2.35. The molecule has 0 radical (unpaired) electrons. The van der Waals surface area contributed by atoms with Crippen LogP contribution in [-0.2, 0) is 4.53 Å². The summed E-state index contributed by atoms with van der Waals surface area (Å²) >= 11 is 0. The van der Waals surface area contributed by atoms with Crippen LogP contribution < -0.4 is 5.48 Å². The number of nitrogens with one attached hydrogen (secondary N) is 1. The third-order valence-electron chi connectivity index (χ3n) is 3.24. The normalized spacial score (nSPS) is 12.3. The van der Waals surface area contributed by atoms with Gasteiger partial charge < -0.3 is 4.53 Å². The van der Waals surface area contributed by atoms with E-state index in [2.05, 4.69) is 39.3 Å².